The van der Waals surface area contributed by atoms with Crippen LogP contribution in [-0.2, 0) is 14.4 Å². The highest BCUT2D eigenvalue weighted by atomic mass is 16.5. The summed E-state index contributed by atoms with van der Waals surface area (Å²) >= 11 is 0. The fourth-order valence-corrected chi connectivity index (χ4v) is 6.45. The van der Waals surface area contributed by atoms with Crippen molar-refractivity contribution in [1.82, 2.24) is 0 Å². The zero-order chi connectivity index (χ0) is 31.7. The Labute approximate surface area is 268 Å². The lowest BCUT2D eigenvalue weighted by molar-refractivity contribution is -0.146. The Morgan fingerprint density at radius 3 is 1.29 bits per heavy atom. The Morgan fingerprint density at radius 1 is 0.467 bits per heavy atom. The first-order valence-electron chi connectivity index (χ1n) is 16.8. The predicted octanol–water partition coefficient (Wildman–Crippen LogP) is 9.39. The molecule has 3 aromatic rings. The van der Waals surface area contributed by atoms with Crippen molar-refractivity contribution in [3.05, 3.63) is 96.6 Å². The molecular weight excluding hydrogens is 564 g/mol. The van der Waals surface area contributed by atoms with Gasteiger partial charge in [-0.15, -0.1) is 0 Å². The summed E-state index contributed by atoms with van der Waals surface area (Å²) < 4.78 is 10.6. The van der Waals surface area contributed by atoms with Gasteiger partial charge < -0.3 is 14.6 Å². The number of benzene rings is 3. The number of carbonyl (C=O) groups excluding carboxylic acids is 2. The summed E-state index contributed by atoms with van der Waals surface area (Å²) in [6.07, 6.45) is 15.0. The highest BCUT2D eigenvalue weighted by Crippen LogP contribution is 2.32. The topological polar surface area (TPSA) is 89.9 Å². The summed E-state index contributed by atoms with van der Waals surface area (Å²) in [5, 5.41) is 8.88. The SMILES string of the molecule is O=C(O)C1CCC(C(=O)Oc2ccccc2)CC1.O=C(Oc1ccccc1)C1CCCCC1.c1ccc(C2CCCCC2)cc1. The van der Waals surface area contributed by atoms with Crippen molar-refractivity contribution in [3.63, 3.8) is 0 Å². The van der Waals surface area contributed by atoms with Gasteiger partial charge in [-0.3, -0.25) is 14.4 Å². The molecule has 6 nitrogen and oxygen atoms in total. The standard InChI is InChI=1S/C14H16O4.C13H16O2.C12H16/c15-13(16)10-6-8-11(9-7-10)14(17)18-12-4-2-1-3-5-12;14-13(11-7-3-1-4-8-11)15-12-9-5-2-6-10-12;1-3-7-11(8-4-1)12-9-5-2-6-10-12/h1-5,10-11H,6-9H2,(H,15,16);2,5-6,9-11H,1,3-4,7-8H2;1,3-4,7-8,12H,2,5-6,9-10H2. The highest BCUT2D eigenvalue weighted by molar-refractivity contribution is 5.76. The van der Waals surface area contributed by atoms with Gasteiger partial charge in [0.05, 0.1) is 17.8 Å². The van der Waals surface area contributed by atoms with Crippen LogP contribution in [0.3, 0.4) is 0 Å². The van der Waals surface area contributed by atoms with Gasteiger partial charge in [-0.2, -0.15) is 0 Å². The Hall–Kier alpha value is -3.93. The molecule has 0 aliphatic heterocycles. The molecule has 6 heteroatoms. The predicted molar refractivity (Wildman–Crippen MR) is 176 cm³/mol. The van der Waals surface area contributed by atoms with Crippen LogP contribution in [0.5, 0.6) is 11.5 Å². The quantitative estimate of drug-likeness (QED) is 0.220. The Balaban J connectivity index is 0.000000157. The summed E-state index contributed by atoms with van der Waals surface area (Å²) in [6, 6.07) is 29.2. The minimum Gasteiger partial charge on any atom is -0.481 e. The molecular formula is C39H48O6. The first-order valence-corrected chi connectivity index (χ1v) is 16.8. The van der Waals surface area contributed by atoms with E-state index in [9.17, 15) is 14.4 Å². The van der Waals surface area contributed by atoms with Gasteiger partial charge in [-0.25, -0.2) is 0 Å². The number of para-hydroxylation sites is 2. The van der Waals surface area contributed by atoms with E-state index in [1.807, 2.05) is 48.5 Å². The first-order chi connectivity index (χ1) is 22.0. The lowest BCUT2D eigenvalue weighted by Gasteiger charge is -2.24. The van der Waals surface area contributed by atoms with E-state index in [-0.39, 0.29) is 29.7 Å². The fraction of sp³-hybridized carbons (Fsp3) is 0.462. The van der Waals surface area contributed by atoms with Gasteiger partial charge in [-0.1, -0.05) is 105 Å². The molecule has 3 aromatic carbocycles. The average molecular weight is 613 g/mol. The Kier molecular flexibility index (Phi) is 14.2. The number of esters is 2. The van der Waals surface area contributed by atoms with Crippen LogP contribution in [-0.4, -0.2) is 23.0 Å². The van der Waals surface area contributed by atoms with Crippen LogP contribution in [0.15, 0.2) is 91.0 Å². The van der Waals surface area contributed by atoms with Crippen LogP contribution in [0.2, 0.25) is 0 Å². The lowest BCUT2D eigenvalue weighted by atomic mass is 9.82. The number of hydrogen-bond donors (Lipinski definition) is 1. The Morgan fingerprint density at radius 2 is 0.844 bits per heavy atom. The summed E-state index contributed by atoms with van der Waals surface area (Å²) in [5.74, 6) is 0.664. The van der Waals surface area contributed by atoms with Crippen LogP contribution in [0.25, 0.3) is 0 Å². The van der Waals surface area contributed by atoms with E-state index in [0.29, 0.717) is 37.2 Å². The first kappa shape index (κ1) is 34.0. The van der Waals surface area contributed by atoms with E-state index in [4.69, 9.17) is 14.6 Å². The van der Waals surface area contributed by atoms with Gasteiger partial charge in [0, 0.05) is 0 Å². The number of ether oxygens (including phenoxy) is 2. The van der Waals surface area contributed by atoms with Gasteiger partial charge in [-0.05, 0) is 87.1 Å². The van der Waals surface area contributed by atoms with Gasteiger partial charge in [0.1, 0.15) is 11.5 Å². The monoisotopic (exact) mass is 612 g/mol. The van der Waals surface area contributed by atoms with Crippen LogP contribution in [0, 0.1) is 17.8 Å². The van der Waals surface area contributed by atoms with Gasteiger partial charge in [0.15, 0.2) is 0 Å². The molecule has 45 heavy (non-hydrogen) atoms. The molecule has 0 heterocycles. The molecule has 3 aliphatic carbocycles. The summed E-state index contributed by atoms with van der Waals surface area (Å²) in [7, 11) is 0. The van der Waals surface area contributed by atoms with Crippen molar-refractivity contribution >= 4 is 17.9 Å². The maximum atomic E-state index is 11.9. The molecule has 0 saturated heterocycles. The molecule has 0 radical (unpaired) electrons. The summed E-state index contributed by atoms with van der Waals surface area (Å²) in [4.78, 5) is 34.4. The smallest absolute Gasteiger partial charge is 0.314 e. The molecule has 3 aliphatic rings. The second kappa shape index (κ2) is 18.8. The Bertz CT molecular complexity index is 1270. The van der Waals surface area contributed by atoms with Gasteiger partial charge >= 0.3 is 17.9 Å². The number of rotatable bonds is 6. The van der Waals surface area contributed by atoms with Crippen LogP contribution in [0.1, 0.15) is 101 Å². The number of carboxylic acid groups (broad SMARTS) is 1. The van der Waals surface area contributed by atoms with Crippen molar-refractivity contribution in [2.24, 2.45) is 17.8 Å². The third kappa shape index (κ3) is 11.8. The normalized spacial score (nSPS) is 20.3. The molecule has 3 fully saturated rings. The second-order valence-corrected chi connectivity index (χ2v) is 12.4. The van der Waals surface area contributed by atoms with Crippen molar-refractivity contribution in [1.29, 1.82) is 0 Å². The molecule has 0 unspecified atom stereocenters. The van der Waals surface area contributed by atoms with Gasteiger partial charge in [0.2, 0.25) is 0 Å². The van der Waals surface area contributed by atoms with Crippen LogP contribution >= 0.6 is 0 Å². The number of carboxylic acids is 1. The van der Waals surface area contributed by atoms with Crippen molar-refractivity contribution < 1.29 is 29.0 Å². The molecule has 3 saturated carbocycles. The molecule has 0 spiro atoms. The summed E-state index contributed by atoms with van der Waals surface area (Å²) in [5.41, 5.74) is 1.55. The second-order valence-electron chi connectivity index (χ2n) is 12.4. The molecule has 240 valence electrons. The molecule has 0 atom stereocenters. The zero-order valence-electron chi connectivity index (χ0n) is 26.4. The van der Waals surface area contributed by atoms with E-state index in [1.165, 1.54) is 38.5 Å². The largest absolute Gasteiger partial charge is 0.481 e. The van der Waals surface area contributed by atoms with Crippen molar-refractivity contribution in [2.45, 2.75) is 95.8 Å². The van der Waals surface area contributed by atoms with E-state index in [1.54, 1.807) is 17.7 Å². The third-order valence-corrected chi connectivity index (χ3v) is 9.15. The van der Waals surface area contributed by atoms with Gasteiger partial charge in [0.25, 0.3) is 0 Å². The number of carbonyl (C=O) groups is 3. The minimum absolute atomic E-state index is 0.0547. The maximum absolute atomic E-state index is 11.9. The van der Waals surface area contributed by atoms with E-state index >= 15 is 0 Å². The molecule has 1 N–H and O–H groups in total. The number of hydrogen-bond acceptors (Lipinski definition) is 5. The fourth-order valence-electron chi connectivity index (χ4n) is 6.45. The molecule has 6 rings (SSSR count). The number of aliphatic carboxylic acids is 1. The summed E-state index contributed by atoms with van der Waals surface area (Å²) in [6.45, 7) is 0. The molecule has 0 aromatic heterocycles. The van der Waals surface area contributed by atoms with Crippen molar-refractivity contribution in [3.8, 4) is 11.5 Å². The average Bonchev–Trinajstić information content (AvgIpc) is 3.11. The minimum atomic E-state index is -0.759. The third-order valence-electron chi connectivity index (χ3n) is 9.15. The van der Waals surface area contributed by atoms with Crippen LogP contribution < -0.4 is 9.47 Å². The van der Waals surface area contributed by atoms with Crippen molar-refractivity contribution in [2.75, 3.05) is 0 Å². The van der Waals surface area contributed by atoms with E-state index < -0.39 is 5.97 Å². The zero-order valence-corrected chi connectivity index (χ0v) is 26.4. The van der Waals surface area contributed by atoms with Crippen LogP contribution in [0.4, 0.5) is 0 Å². The molecule has 0 amide bonds. The molecule has 0 bridgehead atoms. The highest BCUT2D eigenvalue weighted by Gasteiger charge is 2.30. The lowest BCUT2D eigenvalue weighted by Crippen LogP contribution is -2.28. The van der Waals surface area contributed by atoms with E-state index in [2.05, 4.69) is 30.3 Å². The van der Waals surface area contributed by atoms with E-state index in [0.717, 1.165) is 31.6 Å². The maximum Gasteiger partial charge on any atom is 0.314 e.